The quantitative estimate of drug-likeness (QED) is 0.343. The molecule has 0 heterocycles. The van der Waals surface area contributed by atoms with Gasteiger partial charge in [0.1, 0.15) is 0 Å². The van der Waals surface area contributed by atoms with Gasteiger partial charge in [-0.2, -0.15) is 0 Å². The zero-order valence-electron chi connectivity index (χ0n) is 9.44. The summed E-state index contributed by atoms with van der Waals surface area (Å²) in [6.45, 7) is 7.56. The summed E-state index contributed by atoms with van der Waals surface area (Å²) in [5.41, 5.74) is 0. The SMILES string of the molecule is C=CCC(=O)OCCCCOC(=O)CC=C. The minimum atomic E-state index is -0.279. The number of hydrogen-bond acceptors (Lipinski definition) is 4. The van der Waals surface area contributed by atoms with Gasteiger partial charge in [0.05, 0.1) is 26.1 Å². The van der Waals surface area contributed by atoms with E-state index in [9.17, 15) is 9.59 Å². The molecule has 0 N–H and O–H groups in total. The van der Waals surface area contributed by atoms with Gasteiger partial charge in [0, 0.05) is 0 Å². The Balaban J connectivity index is 3.27. The molecule has 90 valence electrons. The maximum Gasteiger partial charge on any atom is 0.309 e. The Kier molecular flexibility index (Phi) is 8.97. The predicted molar refractivity (Wildman–Crippen MR) is 60.8 cm³/mol. The van der Waals surface area contributed by atoms with Crippen molar-refractivity contribution in [1.82, 2.24) is 0 Å². The van der Waals surface area contributed by atoms with E-state index in [-0.39, 0.29) is 24.8 Å². The van der Waals surface area contributed by atoms with Crippen molar-refractivity contribution in [3.8, 4) is 0 Å². The standard InChI is InChI=1S/C12H18O4/c1-3-7-11(13)15-9-5-6-10-16-12(14)8-4-2/h3-4H,1-2,5-10H2. The molecule has 0 amide bonds. The van der Waals surface area contributed by atoms with Crippen molar-refractivity contribution in [3.63, 3.8) is 0 Å². The Bertz CT molecular complexity index is 219. The van der Waals surface area contributed by atoms with Crippen LogP contribution in [0.3, 0.4) is 0 Å². The molecule has 0 saturated heterocycles. The van der Waals surface area contributed by atoms with Crippen molar-refractivity contribution in [3.05, 3.63) is 25.3 Å². The minimum Gasteiger partial charge on any atom is -0.465 e. The second-order valence-electron chi connectivity index (χ2n) is 3.13. The number of carbonyl (C=O) groups is 2. The van der Waals surface area contributed by atoms with Crippen LogP contribution >= 0.6 is 0 Å². The number of hydrogen-bond donors (Lipinski definition) is 0. The molecule has 0 atom stereocenters. The fourth-order valence-electron chi connectivity index (χ4n) is 0.930. The lowest BCUT2D eigenvalue weighted by Gasteiger charge is -2.04. The number of carbonyl (C=O) groups excluding carboxylic acids is 2. The van der Waals surface area contributed by atoms with Crippen molar-refractivity contribution >= 4 is 11.9 Å². The van der Waals surface area contributed by atoms with Crippen molar-refractivity contribution in [1.29, 1.82) is 0 Å². The lowest BCUT2D eigenvalue weighted by Crippen LogP contribution is -2.07. The lowest BCUT2D eigenvalue weighted by atomic mass is 10.3. The highest BCUT2D eigenvalue weighted by atomic mass is 16.5. The highest BCUT2D eigenvalue weighted by molar-refractivity contribution is 5.71. The molecular weight excluding hydrogens is 208 g/mol. The molecule has 0 bridgehead atoms. The van der Waals surface area contributed by atoms with E-state index in [1.165, 1.54) is 12.2 Å². The normalized spacial score (nSPS) is 9.25. The second kappa shape index (κ2) is 9.96. The minimum absolute atomic E-state index is 0.230. The van der Waals surface area contributed by atoms with Gasteiger partial charge in [-0.25, -0.2) is 0 Å². The summed E-state index contributed by atoms with van der Waals surface area (Å²) in [5.74, 6) is -0.558. The van der Waals surface area contributed by atoms with Crippen LogP contribution in [-0.4, -0.2) is 25.2 Å². The average molecular weight is 226 g/mol. The Labute approximate surface area is 95.9 Å². The molecule has 0 rings (SSSR count). The van der Waals surface area contributed by atoms with Crippen molar-refractivity contribution in [2.75, 3.05) is 13.2 Å². The largest absolute Gasteiger partial charge is 0.465 e. The van der Waals surface area contributed by atoms with E-state index in [1.807, 2.05) is 0 Å². The predicted octanol–water partition coefficient (Wildman–Crippen LogP) is 2.01. The van der Waals surface area contributed by atoms with Crippen LogP contribution in [0.25, 0.3) is 0 Å². The highest BCUT2D eigenvalue weighted by Crippen LogP contribution is 1.96. The topological polar surface area (TPSA) is 52.6 Å². The fraction of sp³-hybridized carbons (Fsp3) is 0.500. The van der Waals surface area contributed by atoms with Crippen LogP contribution < -0.4 is 0 Å². The van der Waals surface area contributed by atoms with Gasteiger partial charge in [-0.15, -0.1) is 13.2 Å². The van der Waals surface area contributed by atoms with Crippen LogP contribution in [0.2, 0.25) is 0 Å². The summed E-state index contributed by atoms with van der Waals surface area (Å²) in [4.78, 5) is 21.8. The van der Waals surface area contributed by atoms with Gasteiger partial charge in [0.25, 0.3) is 0 Å². The van der Waals surface area contributed by atoms with E-state index in [2.05, 4.69) is 13.2 Å². The van der Waals surface area contributed by atoms with E-state index in [4.69, 9.17) is 9.47 Å². The van der Waals surface area contributed by atoms with Crippen LogP contribution in [0.1, 0.15) is 25.7 Å². The molecule has 16 heavy (non-hydrogen) atoms. The third-order valence-electron chi connectivity index (χ3n) is 1.69. The van der Waals surface area contributed by atoms with Crippen molar-refractivity contribution < 1.29 is 19.1 Å². The smallest absolute Gasteiger partial charge is 0.309 e. The third-order valence-corrected chi connectivity index (χ3v) is 1.69. The van der Waals surface area contributed by atoms with Gasteiger partial charge < -0.3 is 9.47 Å². The zero-order valence-corrected chi connectivity index (χ0v) is 9.44. The van der Waals surface area contributed by atoms with E-state index in [0.717, 1.165) is 0 Å². The van der Waals surface area contributed by atoms with Crippen LogP contribution in [0.4, 0.5) is 0 Å². The molecule has 0 saturated carbocycles. The van der Waals surface area contributed by atoms with Crippen molar-refractivity contribution in [2.24, 2.45) is 0 Å². The van der Waals surface area contributed by atoms with E-state index >= 15 is 0 Å². The lowest BCUT2D eigenvalue weighted by molar-refractivity contribution is -0.145. The monoisotopic (exact) mass is 226 g/mol. The molecule has 0 spiro atoms. The molecule has 0 aliphatic rings. The van der Waals surface area contributed by atoms with Crippen LogP contribution in [0.15, 0.2) is 25.3 Å². The molecule has 0 aliphatic carbocycles. The number of ether oxygens (including phenoxy) is 2. The molecule has 0 unspecified atom stereocenters. The first-order valence-corrected chi connectivity index (χ1v) is 5.23. The van der Waals surface area contributed by atoms with E-state index < -0.39 is 0 Å². The van der Waals surface area contributed by atoms with Crippen LogP contribution in [0.5, 0.6) is 0 Å². The average Bonchev–Trinajstić information content (AvgIpc) is 2.24. The summed E-state index contributed by atoms with van der Waals surface area (Å²) in [6.07, 6.45) is 4.83. The summed E-state index contributed by atoms with van der Waals surface area (Å²) in [7, 11) is 0. The Morgan fingerprint density at radius 2 is 1.25 bits per heavy atom. The van der Waals surface area contributed by atoms with Gasteiger partial charge in [-0.05, 0) is 12.8 Å². The summed E-state index contributed by atoms with van der Waals surface area (Å²) in [5, 5.41) is 0. The second-order valence-corrected chi connectivity index (χ2v) is 3.13. The van der Waals surface area contributed by atoms with Gasteiger partial charge >= 0.3 is 11.9 Å². The van der Waals surface area contributed by atoms with Crippen LogP contribution in [-0.2, 0) is 19.1 Å². The number of esters is 2. The first kappa shape index (κ1) is 14.4. The Hall–Kier alpha value is -1.58. The van der Waals surface area contributed by atoms with Crippen LogP contribution in [0, 0.1) is 0 Å². The summed E-state index contributed by atoms with van der Waals surface area (Å²) < 4.78 is 9.74. The van der Waals surface area contributed by atoms with Crippen molar-refractivity contribution in [2.45, 2.75) is 25.7 Å². The fourth-order valence-corrected chi connectivity index (χ4v) is 0.930. The molecule has 0 fully saturated rings. The number of rotatable bonds is 9. The molecule has 0 radical (unpaired) electrons. The molecule has 0 aromatic heterocycles. The maximum atomic E-state index is 10.9. The molecule has 4 nitrogen and oxygen atoms in total. The van der Waals surface area contributed by atoms with Gasteiger partial charge in [-0.1, -0.05) is 12.2 Å². The maximum absolute atomic E-state index is 10.9. The van der Waals surface area contributed by atoms with E-state index in [1.54, 1.807) is 0 Å². The number of unbranched alkanes of at least 4 members (excludes halogenated alkanes) is 1. The Morgan fingerprint density at radius 3 is 1.56 bits per heavy atom. The van der Waals surface area contributed by atoms with Gasteiger partial charge in [0.2, 0.25) is 0 Å². The molecular formula is C12H18O4. The third kappa shape index (κ3) is 8.99. The first-order chi connectivity index (χ1) is 7.70. The molecule has 0 aliphatic heterocycles. The van der Waals surface area contributed by atoms with Gasteiger partial charge in [-0.3, -0.25) is 9.59 Å². The van der Waals surface area contributed by atoms with E-state index in [0.29, 0.717) is 26.1 Å². The molecule has 0 aromatic rings. The summed E-state index contributed by atoms with van der Waals surface area (Å²) >= 11 is 0. The Morgan fingerprint density at radius 1 is 0.875 bits per heavy atom. The highest BCUT2D eigenvalue weighted by Gasteiger charge is 2.00. The zero-order chi connectivity index (χ0) is 12.2. The molecule has 4 heteroatoms. The van der Waals surface area contributed by atoms with Gasteiger partial charge in [0.15, 0.2) is 0 Å². The summed E-state index contributed by atoms with van der Waals surface area (Å²) in [6, 6.07) is 0. The first-order valence-electron chi connectivity index (χ1n) is 5.23. The molecule has 0 aromatic carbocycles.